The lowest BCUT2D eigenvalue weighted by Crippen LogP contribution is -2.53. The van der Waals surface area contributed by atoms with Crippen LogP contribution in [-0.2, 0) is 18.3 Å². The van der Waals surface area contributed by atoms with Crippen molar-refractivity contribution in [1.82, 2.24) is 14.7 Å². The lowest BCUT2D eigenvalue weighted by molar-refractivity contribution is -0.173. The molecule has 3 heterocycles. The molecule has 20 heavy (non-hydrogen) atoms. The Morgan fingerprint density at radius 2 is 2.10 bits per heavy atom. The second-order valence-electron chi connectivity index (χ2n) is 6.75. The van der Waals surface area contributed by atoms with Crippen molar-refractivity contribution in [3.63, 3.8) is 0 Å². The van der Waals surface area contributed by atoms with Gasteiger partial charge in [0.15, 0.2) is 0 Å². The molecule has 0 radical (unpaired) electrons. The maximum atomic E-state index is 10.3. The fourth-order valence-corrected chi connectivity index (χ4v) is 3.57. The standard InChI is InChI=1S/C15H25N3O2/c1-14(19)5-8-20-15(12-14)3-6-18(7-4-15)11-13-9-16-17(2)10-13/h9-10,19H,3-8,11-12H2,1-2H3. The quantitative estimate of drug-likeness (QED) is 0.887. The average Bonchev–Trinajstić information content (AvgIpc) is 2.77. The lowest BCUT2D eigenvalue weighted by Gasteiger charge is -2.48. The highest BCUT2D eigenvalue weighted by atomic mass is 16.5. The van der Waals surface area contributed by atoms with E-state index in [1.54, 1.807) is 0 Å². The van der Waals surface area contributed by atoms with Crippen LogP contribution in [0.15, 0.2) is 12.4 Å². The van der Waals surface area contributed by atoms with Gasteiger partial charge >= 0.3 is 0 Å². The number of aryl methyl sites for hydroxylation is 1. The monoisotopic (exact) mass is 279 g/mol. The minimum absolute atomic E-state index is 0.0901. The number of nitrogens with zero attached hydrogens (tertiary/aromatic N) is 3. The van der Waals surface area contributed by atoms with Crippen molar-refractivity contribution in [2.75, 3.05) is 19.7 Å². The van der Waals surface area contributed by atoms with Crippen molar-refractivity contribution in [3.05, 3.63) is 18.0 Å². The number of hydrogen-bond donors (Lipinski definition) is 1. The topological polar surface area (TPSA) is 50.5 Å². The highest BCUT2D eigenvalue weighted by Gasteiger charge is 2.44. The number of likely N-dealkylation sites (tertiary alicyclic amines) is 1. The molecular weight excluding hydrogens is 254 g/mol. The van der Waals surface area contributed by atoms with Gasteiger partial charge < -0.3 is 9.84 Å². The fraction of sp³-hybridized carbons (Fsp3) is 0.800. The Balaban J connectivity index is 1.56. The van der Waals surface area contributed by atoms with E-state index in [0.29, 0.717) is 6.61 Å². The second-order valence-corrected chi connectivity index (χ2v) is 6.75. The first-order chi connectivity index (χ1) is 9.46. The summed E-state index contributed by atoms with van der Waals surface area (Å²) in [6, 6.07) is 0. The maximum absolute atomic E-state index is 10.3. The first kappa shape index (κ1) is 14.0. The molecule has 1 N–H and O–H groups in total. The molecule has 1 spiro atoms. The first-order valence-electron chi connectivity index (χ1n) is 7.53. The Hall–Kier alpha value is -0.910. The molecule has 3 rings (SSSR count). The van der Waals surface area contributed by atoms with E-state index in [-0.39, 0.29) is 5.60 Å². The van der Waals surface area contributed by atoms with Gasteiger partial charge in [-0.3, -0.25) is 9.58 Å². The number of piperidine rings is 1. The van der Waals surface area contributed by atoms with Crippen LogP contribution >= 0.6 is 0 Å². The number of hydrogen-bond acceptors (Lipinski definition) is 4. The van der Waals surface area contributed by atoms with Gasteiger partial charge in [0, 0.05) is 44.9 Å². The van der Waals surface area contributed by atoms with Gasteiger partial charge in [-0.05, 0) is 26.2 Å². The van der Waals surface area contributed by atoms with Crippen LogP contribution in [0.2, 0.25) is 0 Å². The van der Waals surface area contributed by atoms with Crippen molar-refractivity contribution < 1.29 is 9.84 Å². The summed E-state index contributed by atoms with van der Waals surface area (Å²) in [5.74, 6) is 0. The van der Waals surface area contributed by atoms with Gasteiger partial charge in [0.25, 0.3) is 0 Å². The van der Waals surface area contributed by atoms with Crippen molar-refractivity contribution in [2.24, 2.45) is 7.05 Å². The van der Waals surface area contributed by atoms with Crippen LogP contribution in [0.1, 0.15) is 38.2 Å². The van der Waals surface area contributed by atoms with Crippen LogP contribution < -0.4 is 0 Å². The van der Waals surface area contributed by atoms with Crippen LogP contribution in [0.5, 0.6) is 0 Å². The number of ether oxygens (including phenoxy) is 1. The van der Waals surface area contributed by atoms with Crippen molar-refractivity contribution in [3.8, 4) is 0 Å². The summed E-state index contributed by atoms with van der Waals surface area (Å²) in [5, 5.41) is 14.5. The lowest BCUT2D eigenvalue weighted by atomic mass is 9.78. The van der Waals surface area contributed by atoms with Crippen molar-refractivity contribution >= 4 is 0 Å². The molecule has 1 atom stereocenters. The van der Waals surface area contributed by atoms with Gasteiger partial charge in [-0.1, -0.05) is 0 Å². The van der Waals surface area contributed by atoms with E-state index in [9.17, 15) is 5.11 Å². The highest BCUT2D eigenvalue weighted by molar-refractivity contribution is 5.04. The molecule has 0 amide bonds. The van der Waals surface area contributed by atoms with Crippen molar-refractivity contribution in [1.29, 1.82) is 0 Å². The highest BCUT2D eigenvalue weighted by Crippen LogP contribution is 2.39. The summed E-state index contributed by atoms with van der Waals surface area (Å²) in [5.41, 5.74) is 0.622. The van der Waals surface area contributed by atoms with Crippen LogP contribution in [-0.4, -0.2) is 50.7 Å². The van der Waals surface area contributed by atoms with Gasteiger partial charge in [-0.2, -0.15) is 5.10 Å². The molecule has 0 aromatic carbocycles. The SMILES string of the molecule is Cn1cc(CN2CCC3(CC2)CC(C)(O)CCO3)cn1. The molecule has 0 bridgehead atoms. The van der Waals surface area contributed by atoms with Gasteiger partial charge in [0.2, 0.25) is 0 Å². The zero-order chi connectivity index (χ0) is 14.2. The molecule has 1 aromatic rings. The third kappa shape index (κ3) is 3.05. The van der Waals surface area contributed by atoms with Gasteiger partial charge in [0.05, 0.1) is 24.0 Å². The molecule has 0 aliphatic carbocycles. The van der Waals surface area contributed by atoms with Crippen LogP contribution in [0, 0.1) is 0 Å². The summed E-state index contributed by atoms with van der Waals surface area (Å²) in [6.07, 6.45) is 7.58. The van der Waals surface area contributed by atoms with E-state index in [1.807, 2.05) is 24.9 Å². The zero-order valence-corrected chi connectivity index (χ0v) is 12.5. The Labute approximate surface area is 120 Å². The Kier molecular flexibility index (Phi) is 3.60. The summed E-state index contributed by atoms with van der Waals surface area (Å²) in [4.78, 5) is 2.45. The summed E-state index contributed by atoms with van der Waals surface area (Å²) >= 11 is 0. The third-order valence-electron chi connectivity index (χ3n) is 4.68. The Morgan fingerprint density at radius 1 is 1.35 bits per heavy atom. The molecule has 5 nitrogen and oxygen atoms in total. The smallest absolute Gasteiger partial charge is 0.0734 e. The number of aliphatic hydroxyl groups is 1. The molecule has 0 saturated carbocycles. The molecule has 2 saturated heterocycles. The van der Waals surface area contributed by atoms with Gasteiger partial charge in [-0.15, -0.1) is 0 Å². The van der Waals surface area contributed by atoms with E-state index in [4.69, 9.17) is 4.74 Å². The molecule has 2 fully saturated rings. The van der Waals surface area contributed by atoms with Crippen LogP contribution in [0.25, 0.3) is 0 Å². The Morgan fingerprint density at radius 3 is 2.70 bits per heavy atom. The molecule has 1 unspecified atom stereocenters. The molecular formula is C15H25N3O2. The van der Waals surface area contributed by atoms with Gasteiger partial charge in [-0.25, -0.2) is 0 Å². The predicted molar refractivity (Wildman–Crippen MR) is 76.3 cm³/mol. The molecule has 112 valence electrons. The molecule has 2 aliphatic heterocycles. The van der Waals surface area contributed by atoms with Crippen LogP contribution in [0.3, 0.4) is 0 Å². The van der Waals surface area contributed by atoms with Crippen LogP contribution in [0.4, 0.5) is 0 Å². The van der Waals surface area contributed by atoms with Gasteiger partial charge in [0.1, 0.15) is 0 Å². The van der Waals surface area contributed by atoms with E-state index < -0.39 is 5.60 Å². The summed E-state index contributed by atoms with van der Waals surface area (Å²) < 4.78 is 7.89. The van der Waals surface area contributed by atoms with E-state index in [2.05, 4.69) is 16.2 Å². The average molecular weight is 279 g/mol. The summed E-state index contributed by atoms with van der Waals surface area (Å²) in [7, 11) is 1.95. The number of aromatic nitrogens is 2. The van der Waals surface area contributed by atoms with E-state index in [0.717, 1.165) is 45.3 Å². The predicted octanol–water partition coefficient (Wildman–Crippen LogP) is 1.32. The largest absolute Gasteiger partial charge is 0.390 e. The van der Waals surface area contributed by atoms with Crippen molar-refractivity contribution in [2.45, 2.75) is 50.4 Å². The second kappa shape index (κ2) is 5.13. The third-order valence-corrected chi connectivity index (χ3v) is 4.68. The zero-order valence-electron chi connectivity index (χ0n) is 12.5. The molecule has 5 heteroatoms. The Bertz CT molecular complexity index is 461. The molecule has 1 aromatic heterocycles. The van der Waals surface area contributed by atoms with E-state index in [1.165, 1.54) is 5.56 Å². The summed E-state index contributed by atoms with van der Waals surface area (Å²) in [6.45, 7) is 5.66. The first-order valence-corrected chi connectivity index (χ1v) is 7.53. The normalized spacial score (nSPS) is 30.8. The minimum atomic E-state index is -0.552. The van der Waals surface area contributed by atoms with E-state index >= 15 is 0 Å². The molecule has 2 aliphatic rings. The number of rotatable bonds is 2. The minimum Gasteiger partial charge on any atom is -0.390 e. The fourth-order valence-electron chi connectivity index (χ4n) is 3.57. The maximum Gasteiger partial charge on any atom is 0.0734 e.